The Bertz CT molecular complexity index is 7080. The molecule has 0 fully saturated rings. The lowest BCUT2D eigenvalue weighted by molar-refractivity contribution is -0.255. The first kappa shape index (κ1) is 103. The van der Waals surface area contributed by atoms with Crippen LogP contribution < -0.4 is 54.7 Å². The summed E-state index contributed by atoms with van der Waals surface area (Å²) >= 11 is 0. The minimum atomic E-state index is -1.23. The van der Waals surface area contributed by atoms with Gasteiger partial charge >= 0.3 is 11.9 Å². The molecule has 0 spiro atoms. The van der Waals surface area contributed by atoms with Crippen LogP contribution in [0.15, 0.2) is 343 Å². The van der Waals surface area contributed by atoms with Crippen molar-refractivity contribution < 1.29 is 43.9 Å². The average Bonchev–Trinajstić information content (AvgIpc) is 0.750. The third-order valence-corrected chi connectivity index (χ3v) is 26.5. The molecule has 9 heterocycles. The number of ether oxygens (including phenoxy) is 3. The molecule has 5 aliphatic rings. The zero-order valence-corrected chi connectivity index (χ0v) is 84.6. The molecule has 0 amide bonds. The summed E-state index contributed by atoms with van der Waals surface area (Å²) < 4.78 is 19.4. The topological polar surface area (TPSA) is 279 Å². The number of anilines is 5. The molecule has 744 valence electrons. The van der Waals surface area contributed by atoms with Gasteiger partial charge in [-0.2, -0.15) is 0 Å². The van der Waals surface area contributed by atoms with E-state index in [1.807, 2.05) is 294 Å². The lowest BCUT2D eigenvalue weighted by Crippen LogP contribution is -2.31. The summed E-state index contributed by atoms with van der Waals surface area (Å²) in [5.74, 6) is 0.993. The van der Waals surface area contributed by atoms with Crippen molar-refractivity contribution in [3.05, 3.63) is 422 Å². The summed E-state index contributed by atoms with van der Waals surface area (Å²) in [4.78, 5) is 90.7. The molecule has 6 aromatic heterocycles. The second-order valence-electron chi connectivity index (χ2n) is 36.3. The molecule has 3 N–H and O–H groups in total. The Morgan fingerprint density at radius 2 is 0.753 bits per heavy atom. The number of aryl methyl sites for hydroxylation is 1. The van der Waals surface area contributed by atoms with E-state index in [2.05, 4.69) is 137 Å². The first-order valence-electron chi connectivity index (χ1n) is 50.1. The number of aromatic carboxylic acids is 1. The highest BCUT2D eigenvalue weighted by Gasteiger charge is 2.34. The number of carboxylic acids is 3. The van der Waals surface area contributed by atoms with Crippen molar-refractivity contribution in [2.45, 2.75) is 86.9 Å². The first-order valence-corrected chi connectivity index (χ1v) is 50.1. The van der Waals surface area contributed by atoms with Crippen LogP contribution in [0.3, 0.4) is 0 Å². The normalized spacial score (nSPS) is 13.7. The highest BCUT2D eigenvalue weighted by molar-refractivity contribution is 6.16. The van der Waals surface area contributed by atoms with Gasteiger partial charge in [0.1, 0.15) is 34.5 Å². The number of aromatic nitrogens is 6. The molecule has 25 nitrogen and oxygen atoms in total. The van der Waals surface area contributed by atoms with Crippen LogP contribution in [0, 0.1) is 0 Å². The van der Waals surface area contributed by atoms with Gasteiger partial charge in [0, 0.05) is 301 Å². The van der Waals surface area contributed by atoms with Gasteiger partial charge in [-0.25, -0.2) is 9.59 Å². The van der Waals surface area contributed by atoms with E-state index in [1.165, 1.54) is 0 Å². The van der Waals surface area contributed by atoms with Crippen molar-refractivity contribution in [3.63, 3.8) is 0 Å². The van der Waals surface area contributed by atoms with Crippen LogP contribution in [0.4, 0.5) is 28.4 Å². The maximum atomic E-state index is 13.0. The summed E-state index contributed by atoms with van der Waals surface area (Å²) in [7, 11) is 7.93. The summed E-state index contributed by atoms with van der Waals surface area (Å²) in [6, 6.07) is 77.9. The van der Waals surface area contributed by atoms with Crippen molar-refractivity contribution in [1.82, 2.24) is 44.6 Å². The van der Waals surface area contributed by atoms with Gasteiger partial charge in [-0.3, -0.25) is 54.6 Å². The Hall–Kier alpha value is -16.4. The lowest BCUT2D eigenvalue weighted by atomic mass is 9.84. The standard InChI is InChI=1S/C43H48N6O3.C39H40N6O3.C39H38N4O3/c1-5-48(6-2)34-16-19-37-40(28-34)52-41-29-35(49(7-3)8-4)17-20-38(41)42(37)36-18-15-32(27-39(36)43(50)51)46-24-26-47(30-33-14-10-12-23-45-33)25-21-31-13-9-11-22-44-31;1-43(2)30-12-15-33-36(24-30)48-37-25-31(44(3)4)13-16-34(37)38(33)32-14-11-28(23-35(32)39(46)47)42-20-22-45(26-29-10-6-8-19-41-29)21-17-27-9-5-7-18-40-27;1-3-27-11-14-33-36(23-27)46-37-24-28(4-2)12-15-34(37)38(33)32-16-13-30(25-35(32)39(44)45)42-20-22-43(26-31-10-6-8-19-41-31)21-17-29-9-5-7-18-40-29/h9-20,22-23,27-29H,5-8,21,24-26,30H2,1-4H3,(H,50,51);5-16,18-19,23-25H,17,20-22,26H2,1-4H3,(H,46,47);3,5-16,18-19,23-25,42H,4,17,20-22,26H2,1-2H3,(H,44,45)/p-1/b;;27-3+. The minimum Gasteiger partial charge on any atom is -0.545 e. The third kappa shape index (κ3) is 25.8. The number of carbonyl (C=O) groups is 3. The Morgan fingerprint density at radius 3 is 1.13 bits per heavy atom. The summed E-state index contributed by atoms with van der Waals surface area (Å²) in [5.41, 5.74) is 22.5. The number of aliphatic carboxylic acids is 2. The number of aliphatic imine (C=N–C) groups is 2. The van der Waals surface area contributed by atoms with Gasteiger partial charge in [-0.15, -0.1) is 0 Å². The number of fused-ring (bicyclic) bond motifs is 6. The quantitative estimate of drug-likeness (QED) is 0.0324. The van der Waals surface area contributed by atoms with E-state index in [1.54, 1.807) is 24.4 Å². The van der Waals surface area contributed by atoms with E-state index in [0.29, 0.717) is 109 Å². The number of hydrogen-bond acceptors (Lipinski definition) is 23. The fourth-order valence-corrected chi connectivity index (χ4v) is 18.6. The van der Waals surface area contributed by atoms with Gasteiger partial charge in [0.25, 0.3) is 0 Å². The molecule has 3 aliphatic heterocycles. The number of nitrogens with zero attached hydrogens (tertiary/aromatic N) is 15. The maximum absolute atomic E-state index is 13.0. The van der Waals surface area contributed by atoms with E-state index < -0.39 is 17.9 Å². The van der Waals surface area contributed by atoms with Gasteiger partial charge in [-0.1, -0.05) is 85.8 Å². The van der Waals surface area contributed by atoms with Crippen molar-refractivity contribution in [2.24, 2.45) is 9.98 Å². The molecule has 0 unspecified atom stereocenters. The number of rotatable bonds is 38. The fraction of sp³-hybridized carbons (Fsp3) is 0.248. The molecular weight excluding hydrogens is 1820 g/mol. The molecule has 0 atom stereocenters. The molecule has 25 heteroatoms. The SMILES string of the molecule is C/C=c1\ccc2c(c1)Oc1cc(CC)ccc1C=2c1ccc(NCCN(CCc2ccccn2)Cc2ccccn2)cc1C(=O)[O-].CCN(CC)c1ccc2c(c1)Oc1cc(N(CC)CC)ccc1C2=C1C=CC(=NCCN(CCc2ccccn2)Cc2ccccn2)C=C1C(=O)O.CN(C)c1ccc2c(c1)Oc1cc(N(C)C)ccc1C2=C1C=CC(=NCCN(CCc2ccccn2)Cc2ccccn2)C=C1C(=O)O. The van der Waals surface area contributed by atoms with Crippen molar-refractivity contribution in [3.8, 4) is 34.5 Å². The van der Waals surface area contributed by atoms with Gasteiger partial charge in [0.2, 0.25) is 0 Å². The van der Waals surface area contributed by atoms with Crippen LogP contribution in [-0.4, -0.2) is 197 Å². The van der Waals surface area contributed by atoms with Crippen LogP contribution in [0.5, 0.6) is 34.5 Å². The Kier molecular flexibility index (Phi) is 34.8. The molecular formula is C121H125N16O9-. The van der Waals surface area contributed by atoms with Crippen LogP contribution >= 0.6 is 0 Å². The number of pyridine rings is 6. The molecule has 0 radical (unpaired) electrons. The number of carbonyl (C=O) groups excluding carboxylic acids is 1. The van der Waals surface area contributed by atoms with Gasteiger partial charge in [0.15, 0.2) is 0 Å². The van der Waals surface area contributed by atoms with E-state index in [-0.39, 0.29) is 16.7 Å². The first-order chi connectivity index (χ1) is 71.2. The van der Waals surface area contributed by atoms with Gasteiger partial charge < -0.3 is 59.2 Å². The van der Waals surface area contributed by atoms with Crippen molar-refractivity contribution >= 4 is 80.6 Å². The van der Waals surface area contributed by atoms with Crippen LogP contribution in [0.2, 0.25) is 0 Å². The second kappa shape index (κ2) is 49.6. The third-order valence-electron chi connectivity index (χ3n) is 26.5. The van der Waals surface area contributed by atoms with Crippen molar-refractivity contribution in [2.75, 3.05) is 138 Å². The summed E-state index contributed by atoms with van der Waals surface area (Å²) in [5, 5.41) is 39.1. The van der Waals surface area contributed by atoms with Crippen molar-refractivity contribution in [1.29, 1.82) is 0 Å². The molecule has 0 saturated heterocycles. The molecule has 13 aromatic rings. The predicted octanol–water partition coefficient (Wildman–Crippen LogP) is 18.8. The number of hydrogen-bond donors (Lipinski definition) is 3. The van der Waals surface area contributed by atoms with Gasteiger partial charge in [-0.05, 0) is 244 Å². The average molecular weight is 1950 g/mol. The number of allylic oxidation sites excluding steroid dienone is 6. The summed E-state index contributed by atoms with van der Waals surface area (Å²) in [6.07, 6.45) is 27.2. The highest BCUT2D eigenvalue weighted by atomic mass is 16.5. The van der Waals surface area contributed by atoms with Crippen LogP contribution in [0.25, 0.3) is 22.8 Å². The zero-order valence-electron chi connectivity index (χ0n) is 84.6. The fourth-order valence-electron chi connectivity index (χ4n) is 18.6. The largest absolute Gasteiger partial charge is 0.545 e. The van der Waals surface area contributed by atoms with Crippen LogP contribution in [0.1, 0.15) is 125 Å². The van der Waals surface area contributed by atoms with Gasteiger partial charge in [0.05, 0.1) is 58.7 Å². The summed E-state index contributed by atoms with van der Waals surface area (Å²) in [6.45, 7) is 24.3. The second-order valence-corrected chi connectivity index (χ2v) is 36.3. The molecule has 0 saturated carbocycles. The molecule has 18 rings (SSSR count). The Labute approximate surface area is 855 Å². The number of carboxylic acid groups (broad SMARTS) is 3. The Morgan fingerprint density at radius 1 is 0.384 bits per heavy atom. The number of nitrogens with one attached hydrogen (secondary N) is 1. The Balaban J connectivity index is 0.000000157. The molecule has 0 bridgehead atoms. The van der Waals surface area contributed by atoms with E-state index >= 15 is 0 Å². The smallest absolute Gasteiger partial charge is 0.336 e. The molecule has 7 aromatic carbocycles. The monoisotopic (exact) mass is 1950 g/mol. The number of benzene rings is 7. The predicted molar refractivity (Wildman–Crippen MR) is 583 cm³/mol. The zero-order chi connectivity index (χ0) is 102. The van der Waals surface area contributed by atoms with E-state index in [0.717, 1.165) is 207 Å². The lowest BCUT2D eigenvalue weighted by Gasteiger charge is -2.30. The maximum Gasteiger partial charge on any atom is 0.336 e. The molecule has 2 aliphatic carbocycles. The molecule has 146 heavy (non-hydrogen) atoms. The van der Waals surface area contributed by atoms with Crippen LogP contribution in [-0.2, 0) is 54.9 Å². The highest BCUT2D eigenvalue weighted by Crippen LogP contribution is 2.52. The van der Waals surface area contributed by atoms with E-state index in [4.69, 9.17) is 24.2 Å². The minimum absolute atomic E-state index is 0.130. The van der Waals surface area contributed by atoms with E-state index in [9.17, 15) is 29.7 Å².